The number of halogens is 5. The number of aliphatic hydroxyl groups is 1. The molecule has 13 heteroatoms. The van der Waals surface area contributed by atoms with E-state index in [1.165, 1.54) is 0 Å². The van der Waals surface area contributed by atoms with Crippen molar-refractivity contribution < 1.29 is 27.4 Å². The summed E-state index contributed by atoms with van der Waals surface area (Å²) in [5.41, 5.74) is 1.84. The molecular weight excluding hydrogens is 564 g/mol. The van der Waals surface area contributed by atoms with Gasteiger partial charge in [0.2, 0.25) is 0 Å². The van der Waals surface area contributed by atoms with Crippen LogP contribution in [0.1, 0.15) is 55.0 Å². The van der Waals surface area contributed by atoms with Crippen molar-refractivity contribution in [2.75, 3.05) is 51.0 Å². The maximum atomic E-state index is 16.4. The number of aliphatic imine (C=N–C) groups is 1. The number of rotatable bonds is 9. The molecule has 224 valence electrons. The first-order chi connectivity index (χ1) is 19.1. The number of hydrogen-bond donors (Lipinski definition) is 2. The van der Waals surface area contributed by atoms with E-state index in [0.29, 0.717) is 25.2 Å². The Kier molecular flexibility index (Phi) is 8.60. The standard InChI is InChI=1S/C28H35ClF4N6O2/c1-16-22(21(30)23(35-3)18-11-17(34)12-19(29)20(18)28(31,32)33)36-25(41-15-27(8-9-27)14-38(4)5)37-24(16)39-10-6-7-26(2,40)13-39/h11-12,40H,3,6-10,13-15,34H2,1-2,4-5H3/b23-21+/t26-/m0/s1. The van der Waals surface area contributed by atoms with E-state index in [0.717, 1.165) is 31.5 Å². The molecule has 2 fully saturated rings. The molecule has 1 aromatic heterocycles. The number of β-amino-alcohol motifs (C(OH)–C–C–N with tert-alkyl or cyclic N) is 1. The summed E-state index contributed by atoms with van der Waals surface area (Å²) in [4.78, 5) is 16.4. The van der Waals surface area contributed by atoms with Gasteiger partial charge in [-0.05, 0) is 72.5 Å². The molecule has 0 radical (unpaired) electrons. The van der Waals surface area contributed by atoms with Gasteiger partial charge in [0.1, 0.15) is 17.2 Å². The van der Waals surface area contributed by atoms with Crippen LogP contribution in [0.15, 0.2) is 17.1 Å². The molecule has 4 rings (SSSR count). The minimum atomic E-state index is -4.93. The lowest BCUT2D eigenvalue weighted by molar-refractivity contribution is -0.137. The summed E-state index contributed by atoms with van der Waals surface area (Å²) in [5, 5.41) is 10.0. The van der Waals surface area contributed by atoms with Gasteiger partial charge in [0.05, 0.1) is 22.8 Å². The van der Waals surface area contributed by atoms with E-state index in [-0.39, 0.29) is 41.5 Å². The Hall–Kier alpha value is -2.96. The maximum absolute atomic E-state index is 16.4. The van der Waals surface area contributed by atoms with Crippen molar-refractivity contribution in [3.8, 4) is 6.01 Å². The summed E-state index contributed by atoms with van der Waals surface area (Å²) in [7, 11) is 3.92. The lowest BCUT2D eigenvalue weighted by Gasteiger charge is -2.38. The first kappa shape index (κ1) is 31.0. The van der Waals surface area contributed by atoms with Gasteiger partial charge in [-0.3, -0.25) is 4.99 Å². The highest BCUT2D eigenvalue weighted by atomic mass is 35.5. The second-order valence-electron chi connectivity index (χ2n) is 11.6. The minimum Gasteiger partial charge on any atom is -0.463 e. The molecule has 2 aromatic rings. The quantitative estimate of drug-likeness (QED) is 0.220. The third kappa shape index (κ3) is 6.92. The van der Waals surface area contributed by atoms with Gasteiger partial charge in [0.25, 0.3) is 0 Å². The fourth-order valence-corrected chi connectivity index (χ4v) is 5.71. The predicted octanol–water partition coefficient (Wildman–Crippen LogP) is 5.61. The van der Waals surface area contributed by atoms with Crippen LogP contribution in [0.5, 0.6) is 6.01 Å². The zero-order valence-electron chi connectivity index (χ0n) is 23.6. The summed E-state index contributed by atoms with van der Waals surface area (Å²) in [6.07, 6.45) is -1.81. The molecule has 1 aromatic carbocycles. The minimum absolute atomic E-state index is 0.0883. The van der Waals surface area contributed by atoms with Crippen molar-refractivity contribution in [2.45, 2.75) is 51.3 Å². The van der Waals surface area contributed by atoms with Gasteiger partial charge in [-0.1, -0.05) is 11.6 Å². The van der Waals surface area contributed by atoms with Gasteiger partial charge in [0.15, 0.2) is 5.83 Å². The predicted molar refractivity (Wildman–Crippen MR) is 153 cm³/mol. The molecule has 1 aliphatic heterocycles. The summed E-state index contributed by atoms with van der Waals surface area (Å²) >= 11 is 5.92. The van der Waals surface area contributed by atoms with Crippen molar-refractivity contribution in [2.24, 2.45) is 10.4 Å². The van der Waals surface area contributed by atoms with Gasteiger partial charge < -0.3 is 25.4 Å². The number of alkyl halides is 3. The van der Waals surface area contributed by atoms with Crippen LogP contribution in [-0.2, 0) is 6.18 Å². The van der Waals surface area contributed by atoms with Crippen molar-refractivity contribution >= 4 is 41.3 Å². The molecular formula is C28H35ClF4N6O2. The number of anilines is 2. The Labute approximate surface area is 241 Å². The van der Waals surface area contributed by atoms with E-state index in [4.69, 9.17) is 22.1 Å². The molecule has 8 nitrogen and oxygen atoms in total. The Morgan fingerprint density at radius 1 is 1.27 bits per heavy atom. The molecule has 1 saturated carbocycles. The Morgan fingerprint density at radius 3 is 2.51 bits per heavy atom. The average molecular weight is 599 g/mol. The zero-order chi connectivity index (χ0) is 30.3. The van der Waals surface area contributed by atoms with Crippen LogP contribution in [0, 0.1) is 12.3 Å². The normalized spacial score (nSPS) is 21.1. The van der Waals surface area contributed by atoms with E-state index in [2.05, 4.69) is 26.6 Å². The van der Waals surface area contributed by atoms with E-state index >= 15 is 4.39 Å². The molecule has 41 heavy (non-hydrogen) atoms. The van der Waals surface area contributed by atoms with Crippen LogP contribution in [0.3, 0.4) is 0 Å². The van der Waals surface area contributed by atoms with Crippen molar-refractivity contribution in [1.82, 2.24) is 14.9 Å². The first-order valence-corrected chi connectivity index (χ1v) is 13.6. The molecule has 0 amide bonds. The summed E-state index contributed by atoms with van der Waals surface area (Å²) in [6.45, 7) is 8.40. The van der Waals surface area contributed by atoms with Crippen molar-refractivity contribution in [3.05, 3.63) is 39.5 Å². The number of ether oxygens (including phenoxy) is 1. The number of nitrogens with zero attached hydrogens (tertiary/aromatic N) is 5. The highest BCUT2D eigenvalue weighted by Gasteiger charge is 2.44. The topological polar surface area (TPSA) is 100 Å². The number of piperidine rings is 1. The van der Waals surface area contributed by atoms with E-state index in [1.54, 1.807) is 18.7 Å². The number of nitrogen functional groups attached to an aromatic ring is 1. The number of nitrogens with two attached hydrogens (primary N) is 1. The molecule has 1 saturated heterocycles. The average Bonchev–Trinajstić information content (AvgIpc) is 3.60. The Morgan fingerprint density at radius 2 is 1.95 bits per heavy atom. The third-order valence-corrected chi connectivity index (χ3v) is 7.71. The van der Waals surface area contributed by atoms with Crippen LogP contribution in [0.4, 0.5) is 29.1 Å². The summed E-state index contributed by atoms with van der Waals surface area (Å²) in [5.74, 6) is -0.862. The molecule has 3 N–H and O–H groups in total. The lowest BCUT2D eigenvalue weighted by atomic mass is 9.95. The van der Waals surface area contributed by atoms with Crippen LogP contribution in [0.2, 0.25) is 5.02 Å². The molecule has 0 unspecified atom stereocenters. The Bertz CT molecular complexity index is 1360. The van der Waals surface area contributed by atoms with E-state index < -0.39 is 39.5 Å². The van der Waals surface area contributed by atoms with Crippen molar-refractivity contribution in [3.63, 3.8) is 0 Å². The van der Waals surface area contributed by atoms with Crippen LogP contribution in [-0.4, -0.2) is 72.6 Å². The second-order valence-corrected chi connectivity index (χ2v) is 12.0. The smallest absolute Gasteiger partial charge is 0.418 e. The molecule has 0 spiro atoms. The molecule has 0 bridgehead atoms. The van der Waals surface area contributed by atoms with Crippen LogP contribution in [0.25, 0.3) is 11.5 Å². The second kappa shape index (κ2) is 11.4. The maximum Gasteiger partial charge on any atom is 0.418 e. The van der Waals surface area contributed by atoms with E-state index in [9.17, 15) is 18.3 Å². The highest BCUT2D eigenvalue weighted by molar-refractivity contribution is 6.32. The fourth-order valence-electron chi connectivity index (χ4n) is 5.37. The fraction of sp³-hybridized carbons (Fsp3) is 0.536. The number of benzene rings is 1. The summed E-state index contributed by atoms with van der Waals surface area (Å²) in [6, 6.07) is 1.76. The zero-order valence-corrected chi connectivity index (χ0v) is 24.3. The number of hydrogen-bond acceptors (Lipinski definition) is 8. The van der Waals surface area contributed by atoms with Gasteiger partial charge in [-0.2, -0.15) is 23.1 Å². The SMILES string of the molecule is C=N/C(=C(/F)c1nc(OCC2(CN(C)C)CC2)nc(N2CCC[C@](C)(O)C2)c1C)c1cc(N)cc(Cl)c1C(F)(F)F. The van der Waals surface area contributed by atoms with Crippen LogP contribution < -0.4 is 15.4 Å². The van der Waals surface area contributed by atoms with Crippen LogP contribution >= 0.6 is 11.6 Å². The number of aromatic nitrogens is 2. The summed E-state index contributed by atoms with van der Waals surface area (Å²) < 4.78 is 64.5. The molecule has 2 aliphatic rings. The van der Waals surface area contributed by atoms with Gasteiger partial charge >= 0.3 is 12.2 Å². The van der Waals surface area contributed by atoms with Gasteiger partial charge in [-0.25, -0.2) is 4.39 Å². The Balaban J connectivity index is 1.87. The van der Waals surface area contributed by atoms with Gasteiger partial charge in [0, 0.05) is 41.9 Å². The van der Waals surface area contributed by atoms with Gasteiger partial charge in [-0.15, -0.1) is 0 Å². The highest BCUT2D eigenvalue weighted by Crippen LogP contribution is 2.47. The third-order valence-electron chi connectivity index (χ3n) is 7.42. The largest absolute Gasteiger partial charge is 0.463 e. The van der Waals surface area contributed by atoms with E-state index in [1.807, 2.05) is 14.1 Å². The first-order valence-electron chi connectivity index (χ1n) is 13.2. The van der Waals surface area contributed by atoms with Crippen molar-refractivity contribution in [1.29, 1.82) is 0 Å². The monoisotopic (exact) mass is 598 g/mol. The molecule has 1 aliphatic carbocycles. The lowest BCUT2D eigenvalue weighted by Crippen LogP contribution is -2.46. The molecule has 2 heterocycles. The molecule has 1 atom stereocenters.